The molecular formula is C31H35F3N8O. The molecule has 5 rings (SSSR count). The van der Waals surface area contributed by atoms with Crippen molar-refractivity contribution in [1.82, 2.24) is 20.0 Å². The zero-order valence-corrected chi connectivity index (χ0v) is 24.5. The Kier molecular flexibility index (Phi) is 8.14. The Morgan fingerprint density at radius 2 is 1.98 bits per heavy atom. The molecule has 2 aliphatic heterocycles. The summed E-state index contributed by atoms with van der Waals surface area (Å²) in [7, 11) is 3.61. The topological polar surface area (TPSA) is 94.7 Å². The predicted octanol–water partition coefficient (Wildman–Crippen LogP) is 4.10. The van der Waals surface area contributed by atoms with Crippen molar-refractivity contribution in [2.75, 3.05) is 41.9 Å². The van der Waals surface area contributed by atoms with Gasteiger partial charge in [-0.05, 0) is 56.2 Å². The summed E-state index contributed by atoms with van der Waals surface area (Å²) in [6.07, 6.45) is 5.16. The van der Waals surface area contributed by atoms with Crippen LogP contribution < -0.4 is 26.4 Å². The first kappa shape index (κ1) is 30.0. The zero-order chi connectivity index (χ0) is 31.1. The Balaban J connectivity index is 1.40. The van der Waals surface area contributed by atoms with E-state index in [9.17, 15) is 18.0 Å². The number of alkyl halides is 3. The van der Waals surface area contributed by atoms with Crippen LogP contribution in [0.15, 0.2) is 48.8 Å². The number of nitrogens with two attached hydrogens (primary N) is 1. The molecule has 226 valence electrons. The van der Waals surface area contributed by atoms with Crippen LogP contribution in [0.5, 0.6) is 0 Å². The maximum Gasteiger partial charge on any atom is 0.416 e. The van der Waals surface area contributed by atoms with Crippen LogP contribution in [-0.2, 0) is 13.2 Å². The van der Waals surface area contributed by atoms with Crippen molar-refractivity contribution < 1.29 is 18.0 Å². The van der Waals surface area contributed by atoms with E-state index in [2.05, 4.69) is 26.6 Å². The first-order chi connectivity index (χ1) is 20.4. The van der Waals surface area contributed by atoms with Crippen molar-refractivity contribution in [3.8, 4) is 12.3 Å². The number of rotatable bonds is 8. The van der Waals surface area contributed by atoms with E-state index in [1.54, 1.807) is 48.4 Å². The second kappa shape index (κ2) is 11.7. The summed E-state index contributed by atoms with van der Waals surface area (Å²) in [6, 6.07) is 8.93. The number of likely N-dealkylation sites (tertiary alicyclic amines) is 1. The molecule has 3 heterocycles. The monoisotopic (exact) mass is 592 g/mol. The van der Waals surface area contributed by atoms with E-state index < -0.39 is 17.6 Å². The summed E-state index contributed by atoms with van der Waals surface area (Å²) in [5, 5.41) is 11.5. The highest BCUT2D eigenvalue weighted by Crippen LogP contribution is 2.39. The Morgan fingerprint density at radius 3 is 2.58 bits per heavy atom. The molecule has 0 aliphatic carbocycles. The molecule has 9 nitrogen and oxygen atoms in total. The Morgan fingerprint density at radius 1 is 1.21 bits per heavy atom. The van der Waals surface area contributed by atoms with Gasteiger partial charge in [-0.3, -0.25) is 19.4 Å². The molecular weight excluding hydrogens is 557 g/mol. The van der Waals surface area contributed by atoms with Crippen LogP contribution in [0, 0.1) is 26.2 Å². The number of hydrazine groups is 1. The SMILES string of the molecule is C#CCN1CC2CC1CN2c1cc(NC(=O)c2ccc(C)c(N(N)/C=C(\NC)c3cnn(C)c3C)c2)cc(C(F)(F)F)c1. The predicted molar refractivity (Wildman–Crippen MR) is 162 cm³/mol. The van der Waals surface area contributed by atoms with Crippen LogP contribution in [-0.4, -0.2) is 59.4 Å². The average molecular weight is 593 g/mol. The van der Waals surface area contributed by atoms with Crippen LogP contribution in [0.2, 0.25) is 0 Å². The van der Waals surface area contributed by atoms with Crippen molar-refractivity contribution in [3.05, 3.63) is 76.7 Å². The summed E-state index contributed by atoms with van der Waals surface area (Å²) in [5.74, 6) is 8.52. The number of carbonyl (C=O) groups is 1. The number of anilines is 3. The minimum atomic E-state index is -4.58. The highest BCUT2D eigenvalue weighted by Gasteiger charge is 2.43. The number of carbonyl (C=O) groups excluding carboxylic acids is 1. The van der Waals surface area contributed by atoms with E-state index in [1.165, 1.54) is 5.01 Å². The number of piperazine rings is 1. The number of nitrogens with one attached hydrogen (secondary N) is 2. The molecule has 3 aromatic rings. The van der Waals surface area contributed by atoms with Crippen molar-refractivity contribution in [2.24, 2.45) is 12.9 Å². The lowest BCUT2D eigenvalue weighted by atomic mass is 10.1. The van der Waals surface area contributed by atoms with E-state index in [0.717, 1.165) is 41.1 Å². The number of benzene rings is 2. The number of aromatic nitrogens is 2. The maximum atomic E-state index is 13.9. The minimum Gasteiger partial charge on any atom is -0.386 e. The summed E-state index contributed by atoms with van der Waals surface area (Å²) in [5.41, 5.74) is 3.79. The normalized spacial score (nSPS) is 18.6. The van der Waals surface area contributed by atoms with Gasteiger partial charge in [0, 0.05) is 73.7 Å². The molecule has 0 radical (unpaired) electrons. The third-order valence-corrected chi connectivity index (χ3v) is 8.30. The first-order valence-electron chi connectivity index (χ1n) is 13.9. The molecule has 2 saturated heterocycles. The molecule has 1 aromatic heterocycles. The van der Waals surface area contributed by atoms with Crippen LogP contribution in [0.3, 0.4) is 0 Å². The summed E-state index contributed by atoms with van der Waals surface area (Å²) < 4.78 is 43.5. The molecule has 2 aromatic carbocycles. The molecule has 2 fully saturated rings. The van der Waals surface area contributed by atoms with Gasteiger partial charge in [0.25, 0.3) is 5.91 Å². The molecule has 0 spiro atoms. The van der Waals surface area contributed by atoms with Gasteiger partial charge in [0.1, 0.15) is 0 Å². The highest BCUT2D eigenvalue weighted by molar-refractivity contribution is 6.05. The summed E-state index contributed by atoms with van der Waals surface area (Å²) in [4.78, 5) is 17.5. The quantitative estimate of drug-likeness (QED) is 0.206. The zero-order valence-electron chi connectivity index (χ0n) is 24.5. The van der Waals surface area contributed by atoms with Gasteiger partial charge in [-0.2, -0.15) is 18.3 Å². The number of nitrogens with zero attached hydrogens (tertiary/aromatic N) is 5. The van der Waals surface area contributed by atoms with E-state index >= 15 is 0 Å². The van der Waals surface area contributed by atoms with E-state index in [0.29, 0.717) is 31.0 Å². The van der Waals surface area contributed by atoms with Crippen molar-refractivity contribution in [3.63, 3.8) is 0 Å². The second-order valence-corrected chi connectivity index (χ2v) is 11.0. The molecule has 2 atom stereocenters. The van der Waals surface area contributed by atoms with Crippen molar-refractivity contribution in [2.45, 2.75) is 38.5 Å². The van der Waals surface area contributed by atoms with Gasteiger partial charge in [-0.25, -0.2) is 5.84 Å². The average Bonchev–Trinajstić information content (AvgIpc) is 3.66. The largest absolute Gasteiger partial charge is 0.416 e. The van der Waals surface area contributed by atoms with Gasteiger partial charge in [0.15, 0.2) is 0 Å². The number of hydrogen-bond acceptors (Lipinski definition) is 7. The first-order valence-corrected chi connectivity index (χ1v) is 13.9. The summed E-state index contributed by atoms with van der Waals surface area (Å²) >= 11 is 0. The van der Waals surface area contributed by atoms with Gasteiger partial charge in [0.05, 0.1) is 29.7 Å². The van der Waals surface area contributed by atoms with Crippen molar-refractivity contribution in [1.29, 1.82) is 0 Å². The standard InChI is InChI=1S/C31H35F3N8O/c1-6-9-40-16-26-14-25(40)17-41(26)24-12-22(31(32,33)34)11-23(13-24)38-30(43)21-8-7-19(2)29(10-21)42(35)18-28(36-4)27-15-37-39(5)20(27)3/h1,7-8,10-13,15,18,25-26,36H,9,14,16-17,35H2,2-5H3,(H,38,43)/b28-18-. The van der Waals surface area contributed by atoms with Gasteiger partial charge in [-0.15, -0.1) is 6.42 Å². The van der Waals surface area contributed by atoms with Crippen LogP contribution in [0.25, 0.3) is 5.70 Å². The Labute approximate surface area is 249 Å². The third kappa shape index (κ3) is 6.04. The Bertz CT molecular complexity index is 1610. The molecule has 2 bridgehead atoms. The lowest BCUT2D eigenvalue weighted by Crippen LogP contribution is -2.46. The van der Waals surface area contributed by atoms with Crippen LogP contribution >= 0.6 is 0 Å². The molecule has 2 aliphatic rings. The van der Waals surface area contributed by atoms with Crippen LogP contribution in [0.4, 0.5) is 30.2 Å². The maximum absolute atomic E-state index is 13.9. The van der Waals surface area contributed by atoms with E-state index in [-0.39, 0.29) is 23.3 Å². The van der Waals surface area contributed by atoms with E-state index in [1.807, 2.05) is 25.8 Å². The fourth-order valence-electron chi connectivity index (χ4n) is 5.86. The number of terminal acetylenes is 1. The number of halogens is 3. The molecule has 4 N–H and O–H groups in total. The van der Waals surface area contributed by atoms with Gasteiger partial charge in [-0.1, -0.05) is 12.0 Å². The van der Waals surface area contributed by atoms with Gasteiger partial charge >= 0.3 is 6.18 Å². The lowest BCUT2D eigenvalue weighted by Gasteiger charge is -2.35. The number of amides is 1. The fraction of sp³-hybridized carbons (Fsp3) is 0.355. The van der Waals surface area contributed by atoms with Gasteiger partial charge in [0.2, 0.25) is 0 Å². The molecule has 12 heteroatoms. The molecule has 2 unspecified atom stereocenters. The highest BCUT2D eigenvalue weighted by atomic mass is 19.4. The van der Waals surface area contributed by atoms with E-state index in [4.69, 9.17) is 12.3 Å². The third-order valence-electron chi connectivity index (χ3n) is 8.30. The number of fused-ring (bicyclic) bond motifs is 2. The fourth-order valence-corrected chi connectivity index (χ4v) is 5.86. The second-order valence-electron chi connectivity index (χ2n) is 11.0. The van der Waals surface area contributed by atoms with Crippen molar-refractivity contribution >= 4 is 28.7 Å². The smallest absolute Gasteiger partial charge is 0.386 e. The summed E-state index contributed by atoms with van der Waals surface area (Å²) in [6.45, 7) is 5.58. The number of aryl methyl sites for hydroxylation is 2. The van der Waals surface area contributed by atoms with Gasteiger partial charge < -0.3 is 15.5 Å². The molecule has 43 heavy (non-hydrogen) atoms. The lowest BCUT2D eigenvalue weighted by molar-refractivity contribution is -0.137. The minimum absolute atomic E-state index is 0.0617. The number of hydrogen-bond donors (Lipinski definition) is 3. The Hall–Kier alpha value is -4.47. The molecule has 1 amide bonds. The van der Waals surface area contributed by atoms with Crippen LogP contribution in [0.1, 0.15) is 39.2 Å². The molecule has 0 saturated carbocycles.